The van der Waals surface area contributed by atoms with Gasteiger partial charge in [0.1, 0.15) is 5.75 Å². The number of hydrogen-bond donors (Lipinski definition) is 0. The first kappa shape index (κ1) is 24.0. The van der Waals surface area contributed by atoms with Crippen LogP contribution in [0.3, 0.4) is 0 Å². The molecule has 2 aliphatic carbocycles. The number of ether oxygens (including phenoxy) is 3. The molecule has 0 N–H and O–H groups in total. The normalized spacial score (nSPS) is 25.4. The van der Waals surface area contributed by atoms with E-state index in [4.69, 9.17) is 9.47 Å². The largest absolute Gasteiger partial charge is 0.426 e. The molecule has 0 bridgehead atoms. The van der Waals surface area contributed by atoms with Gasteiger partial charge in [-0.1, -0.05) is 32.8 Å². The lowest BCUT2D eigenvalue weighted by Crippen LogP contribution is -2.30. The van der Waals surface area contributed by atoms with E-state index in [0.29, 0.717) is 5.75 Å². The van der Waals surface area contributed by atoms with Crippen LogP contribution < -0.4 is 4.74 Å². The molecule has 2 aliphatic rings. The molecule has 0 radical (unpaired) electrons. The highest BCUT2D eigenvalue weighted by molar-refractivity contribution is 5.89. The Bertz CT molecular complexity index is 783. The molecule has 32 heavy (non-hydrogen) atoms. The summed E-state index contributed by atoms with van der Waals surface area (Å²) < 4.78 is 15.0. The van der Waals surface area contributed by atoms with Crippen LogP contribution in [-0.2, 0) is 19.1 Å². The van der Waals surface area contributed by atoms with Gasteiger partial charge in [0.15, 0.2) is 0 Å². The molecule has 6 nitrogen and oxygen atoms in total. The van der Waals surface area contributed by atoms with Crippen LogP contribution in [0.5, 0.6) is 5.75 Å². The summed E-state index contributed by atoms with van der Waals surface area (Å²) in [7, 11) is 0. The molecule has 174 valence electrons. The first-order valence-corrected chi connectivity index (χ1v) is 11.8. The SMILES string of the molecule is C=CC(=O)OCOC(=O)c1ccc(OC(=O)C2CCC(C3CCC(CC)CC3)CC2)cc1. The van der Waals surface area contributed by atoms with Crippen LogP contribution in [0.2, 0.25) is 0 Å². The molecule has 3 rings (SSSR count). The lowest BCUT2D eigenvalue weighted by molar-refractivity contribution is -0.146. The molecule has 6 heteroatoms. The van der Waals surface area contributed by atoms with Crippen molar-refractivity contribution in [2.75, 3.05) is 6.79 Å². The Morgan fingerprint density at radius 2 is 1.50 bits per heavy atom. The Labute approximate surface area is 190 Å². The first-order valence-electron chi connectivity index (χ1n) is 11.8. The summed E-state index contributed by atoms with van der Waals surface area (Å²) >= 11 is 0. The van der Waals surface area contributed by atoms with Gasteiger partial charge in [0, 0.05) is 6.08 Å². The van der Waals surface area contributed by atoms with Crippen LogP contribution in [0.15, 0.2) is 36.9 Å². The van der Waals surface area contributed by atoms with E-state index in [1.165, 1.54) is 44.2 Å². The minimum atomic E-state index is -0.669. The average Bonchev–Trinajstić information content (AvgIpc) is 2.84. The smallest absolute Gasteiger partial charge is 0.341 e. The minimum absolute atomic E-state index is 0.0533. The van der Waals surface area contributed by atoms with Crippen molar-refractivity contribution in [2.45, 2.75) is 64.7 Å². The molecular weight excluding hydrogens is 408 g/mol. The van der Waals surface area contributed by atoms with E-state index in [1.807, 2.05) is 0 Å². The van der Waals surface area contributed by atoms with E-state index in [2.05, 4.69) is 18.2 Å². The molecule has 0 aliphatic heterocycles. The van der Waals surface area contributed by atoms with Crippen molar-refractivity contribution in [3.63, 3.8) is 0 Å². The summed E-state index contributed by atoms with van der Waals surface area (Å²) in [5, 5.41) is 0. The molecule has 2 saturated carbocycles. The predicted molar refractivity (Wildman–Crippen MR) is 120 cm³/mol. The summed E-state index contributed by atoms with van der Waals surface area (Å²) in [6.07, 6.45) is 11.7. The van der Waals surface area contributed by atoms with Gasteiger partial charge in [0.2, 0.25) is 6.79 Å². The second-order valence-electron chi connectivity index (χ2n) is 8.96. The Morgan fingerprint density at radius 1 is 0.906 bits per heavy atom. The molecule has 2 fully saturated rings. The van der Waals surface area contributed by atoms with Gasteiger partial charge in [0.25, 0.3) is 0 Å². The Hall–Kier alpha value is -2.63. The van der Waals surface area contributed by atoms with Crippen molar-refractivity contribution in [3.8, 4) is 5.75 Å². The fourth-order valence-corrected chi connectivity index (χ4v) is 5.04. The van der Waals surface area contributed by atoms with E-state index in [-0.39, 0.29) is 17.5 Å². The Kier molecular flexibility index (Phi) is 8.89. The van der Waals surface area contributed by atoms with Gasteiger partial charge < -0.3 is 14.2 Å². The fourth-order valence-electron chi connectivity index (χ4n) is 5.04. The van der Waals surface area contributed by atoms with Crippen LogP contribution >= 0.6 is 0 Å². The van der Waals surface area contributed by atoms with E-state index >= 15 is 0 Å². The van der Waals surface area contributed by atoms with Gasteiger partial charge in [-0.3, -0.25) is 4.79 Å². The third-order valence-electron chi connectivity index (χ3n) is 7.11. The average molecular weight is 443 g/mol. The van der Waals surface area contributed by atoms with Crippen LogP contribution in [0.25, 0.3) is 0 Å². The van der Waals surface area contributed by atoms with Gasteiger partial charge in [-0.15, -0.1) is 0 Å². The van der Waals surface area contributed by atoms with Crippen molar-refractivity contribution in [2.24, 2.45) is 23.7 Å². The number of rotatable bonds is 8. The lowest BCUT2D eigenvalue weighted by Gasteiger charge is -2.37. The van der Waals surface area contributed by atoms with E-state index in [0.717, 1.165) is 49.5 Å². The second kappa shape index (κ2) is 11.8. The van der Waals surface area contributed by atoms with Crippen molar-refractivity contribution in [3.05, 3.63) is 42.5 Å². The highest BCUT2D eigenvalue weighted by Gasteiger charge is 2.33. The van der Waals surface area contributed by atoms with Crippen LogP contribution in [0, 0.1) is 23.7 Å². The molecule has 0 spiro atoms. The molecule has 0 atom stereocenters. The van der Waals surface area contributed by atoms with Crippen LogP contribution in [0.4, 0.5) is 0 Å². The van der Waals surface area contributed by atoms with Crippen molar-refractivity contribution < 1.29 is 28.6 Å². The van der Waals surface area contributed by atoms with Crippen LogP contribution in [-0.4, -0.2) is 24.7 Å². The van der Waals surface area contributed by atoms with Crippen LogP contribution in [0.1, 0.15) is 75.1 Å². The summed E-state index contributed by atoms with van der Waals surface area (Å²) in [6, 6.07) is 6.18. The van der Waals surface area contributed by atoms with Crippen molar-refractivity contribution in [1.29, 1.82) is 0 Å². The third kappa shape index (κ3) is 6.68. The summed E-state index contributed by atoms with van der Waals surface area (Å²) in [4.78, 5) is 35.5. The zero-order chi connectivity index (χ0) is 22.9. The maximum Gasteiger partial charge on any atom is 0.341 e. The molecule has 1 aromatic rings. The van der Waals surface area contributed by atoms with Gasteiger partial charge >= 0.3 is 17.9 Å². The molecule has 0 unspecified atom stereocenters. The van der Waals surface area contributed by atoms with E-state index < -0.39 is 18.7 Å². The molecular formula is C26H34O6. The summed E-state index contributed by atoms with van der Waals surface area (Å²) in [5.41, 5.74) is 0.276. The monoisotopic (exact) mass is 442 g/mol. The highest BCUT2D eigenvalue weighted by atomic mass is 16.7. The van der Waals surface area contributed by atoms with Gasteiger partial charge in [-0.25, -0.2) is 9.59 Å². The number of carbonyl (C=O) groups excluding carboxylic acids is 3. The highest BCUT2D eigenvalue weighted by Crippen LogP contribution is 2.42. The maximum absolute atomic E-state index is 12.6. The lowest BCUT2D eigenvalue weighted by atomic mass is 9.69. The fraction of sp³-hybridized carbons (Fsp3) is 0.577. The molecule has 0 heterocycles. The molecule has 1 aromatic carbocycles. The van der Waals surface area contributed by atoms with Gasteiger partial charge in [-0.05, 0) is 80.5 Å². The minimum Gasteiger partial charge on any atom is -0.426 e. The summed E-state index contributed by atoms with van der Waals surface area (Å²) in [5.74, 6) is 1.37. The van der Waals surface area contributed by atoms with Crippen molar-refractivity contribution >= 4 is 17.9 Å². The molecule has 0 saturated heterocycles. The number of benzene rings is 1. The Morgan fingerprint density at radius 3 is 2.06 bits per heavy atom. The maximum atomic E-state index is 12.6. The third-order valence-corrected chi connectivity index (χ3v) is 7.11. The molecule has 0 aromatic heterocycles. The van der Waals surface area contributed by atoms with Gasteiger partial charge in [0.05, 0.1) is 11.5 Å². The number of esters is 3. The quantitative estimate of drug-likeness (QED) is 0.230. The first-order chi connectivity index (χ1) is 15.5. The van der Waals surface area contributed by atoms with Crippen molar-refractivity contribution in [1.82, 2.24) is 0 Å². The van der Waals surface area contributed by atoms with E-state index in [1.54, 1.807) is 12.1 Å². The second-order valence-corrected chi connectivity index (χ2v) is 8.96. The Balaban J connectivity index is 1.41. The number of carbonyl (C=O) groups is 3. The van der Waals surface area contributed by atoms with Gasteiger partial charge in [-0.2, -0.15) is 0 Å². The zero-order valence-corrected chi connectivity index (χ0v) is 18.9. The van der Waals surface area contributed by atoms with E-state index in [9.17, 15) is 14.4 Å². The number of hydrogen-bond acceptors (Lipinski definition) is 6. The standard InChI is InChI=1S/C26H34O6/c1-3-18-5-7-19(8-6-18)20-9-11-22(12-10-20)26(29)32-23-15-13-21(14-16-23)25(28)31-17-30-24(27)4-2/h4,13-16,18-20,22H,2-3,5-12,17H2,1H3. The topological polar surface area (TPSA) is 78.9 Å². The molecule has 0 amide bonds. The summed E-state index contributed by atoms with van der Waals surface area (Å²) in [6.45, 7) is 5.07. The zero-order valence-electron chi connectivity index (χ0n) is 18.9. The predicted octanol–water partition coefficient (Wildman–Crippen LogP) is 5.46.